The minimum atomic E-state index is -1.47. The summed E-state index contributed by atoms with van der Waals surface area (Å²) in [7, 11) is 0. The van der Waals surface area contributed by atoms with Gasteiger partial charge in [-0.2, -0.15) is 0 Å². The lowest BCUT2D eigenvalue weighted by Gasteiger charge is -2.13. The third-order valence-corrected chi connectivity index (χ3v) is 2.92. The summed E-state index contributed by atoms with van der Waals surface area (Å²) < 4.78 is 0. The Balaban J connectivity index is 2.11. The van der Waals surface area contributed by atoms with Crippen molar-refractivity contribution >= 4 is 0 Å². The Labute approximate surface area is 107 Å². The summed E-state index contributed by atoms with van der Waals surface area (Å²) in [4.78, 5) is 0. The van der Waals surface area contributed by atoms with Crippen LogP contribution in [0.15, 0.2) is 54.6 Å². The summed E-state index contributed by atoms with van der Waals surface area (Å²) in [5.74, 6) is 0. The molecule has 2 aromatic rings. The van der Waals surface area contributed by atoms with Crippen LogP contribution >= 0.6 is 0 Å². The molecule has 0 radical (unpaired) electrons. The van der Waals surface area contributed by atoms with E-state index in [1.165, 1.54) is 0 Å². The first-order chi connectivity index (χ1) is 8.66. The third kappa shape index (κ3) is 3.17. The predicted octanol–water partition coefficient (Wildman–Crippen LogP) is 1.53. The molecule has 2 aromatic carbocycles. The fourth-order valence-corrected chi connectivity index (χ4v) is 1.84. The molecule has 0 bridgehead atoms. The quantitative estimate of drug-likeness (QED) is 0.713. The van der Waals surface area contributed by atoms with Crippen molar-refractivity contribution in [3.05, 3.63) is 60.2 Å². The first kappa shape index (κ1) is 12.8. The molecule has 0 saturated heterocycles. The standard InChI is InChI=1S/C15H17NO2/c16-14(15(17)18)10-11-6-8-13(9-7-11)12-4-2-1-3-5-12/h1-9,14-15,17-18H,10,16H2/t14-/m0/s1. The van der Waals surface area contributed by atoms with Crippen molar-refractivity contribution in [2.45, 2.75) is 18.8 Å². The highest BCUT2D eigenvalue weighted by Crippen LogP contribution is 2.19. The van der Waals surface area contributed by atoms with Crippen molar-refractivity contribution in [1.82, 2.24) is 0 Å². The van der Waals surface area contributed by atoms with Crippen molar-refractivity contribution in [1.29, 1.82) is 0 Å². The van der Waals surface area contributed by atoms with E-state index in [4.69, 9.17) is 15.9 Å². The molecule has 0 heterocycles. The molecule has 0 aliphatic carbocycles. The molecule has 0 spiro atoms. The lowest BCUT2D eigenvalue weighted by molar-refractivity contribution is -0.0577. The summed E-state index contributed by atoms with van der Waals surface area (Å²) in [6, 6.07) is 17.4. The van der Waals surface area contributed by atoms with Crippen LogP contribution < -0.4 is 5.73 Å². The fourth-order valence-electron chi connectivity index (χ4n) is 1.84. The molecule has 4 N–H and O–H groups in total. The highest BCUT2D eigenvalue weighted by atomic mass is 16.5. The van der Waals surface area contributed by atoms with E-state index in [0.717, 1.165) is 16.7 Å². The van der Waals surface area contributed by atoms with Crippen LogP contribution in [-0.4, -0.2) is 22.5 Å². The molecular formula is C15H17NO2. The molecule has 0 fully saturated rings. The third-order valence-electron chi connectivity index (χ3n) is 2.92. The van der Waals surface area contributed by atoms with E-state index in [1.807, 2.05) is 42.5 Å². The van der Waals surface area contributed by atoms with Crippen molar-refractivity contribution < 1.29 is 10.2 Å². The first-order valence-corrected chi connectivity index (χ1v) is 5.93. The number of benzene rings is 2. The summed E-state index contributed by atoms with van der Waals surface area (Å²) >= 11 is 0. The number of aliphatic hydroxyl groups excluding tert-OH is 1. The van der Waals surface area contributed by atoms with Crippen LogP contribution in [0.3, 0.4) is 0 Å². The molecular weight excluding hydrogens is 226 g/mol. The minimum Gasteiger partial charge on any atom is -0.367 e. The Kier molecular flexibility index (Phi) is 4.10. The van der Waals surface area contributed by atoms with Crippen LogP contribution in [0.5, 0.6) is 0 Å². The molecule has 1 atom stereocenters. The molecule has 0 saturated carbocycles. The van der Waals surface area contributed by atoms with Gasteiger partial charge >= 0.3 is 0 Å². The minimum absolute atomic E-state index is 0.451. The van der Waals surface area contributed by atoms with Gasteiger partial charge in [0.1, 0.15) is 0 Å². The predicted molar refractivity (Wildman–Crippen MR) is 71.8 cm³/mol. The molecule has 0 unspecified atom stereocenters. The average molecular weight is 243 g/mol. The molecule has 0 amide bonds. The SMILES string of the molecule is N[C@@H](Cc1ccc(-c2ccccc2)cc1)C(O)O. The zero-order chi connectivity index (χ0) is 13.0. The van der Waals surface area contributed by atoms with Crippen molar-refractivity contribution in [2.75, 3.05) is 0 Å². The second kappa shape index (κ2) is 5.78. The number of aliphatic hydroxyl groups is 2. The van der Waals surface area contributed by atoms with E-state index in [0.29, 0.717) is 6.42 Å². The first-order valence-electron chi connectivity index (χ1n) is 5.93. The maximum atomic E-state index is 8.95. The Hall–Kier alpha value is -1.68. The number of hydrogen-bond donors (Lipinski definition) is 3. The monoisotopic (exact) mass is 243 g/mol. The highest BCUT2D eigenvalue weighted by Gasteiger charge is 2.11. The van der Waals surface area contributed by atoms with Gasteiger partial charge in [0.2, 0.25) is 0 Å². The van der Waals surface area contributed by atoms with Crippen LogP contribution in [-0.2, 0) is 6.42 Å². The van der Waals surface area contributed by atoms with E-state index in [9.17, 15) is 0 Å². The van der Waals surface area contributed by atoms with Gasteiger partial charge in [0, 0.05) is 0 Å². The van der Waals surface area contributed by atoms with Crippen LogP contribution in [0.25, 0.3) is 11.1 Å². The summed E-state index contributed by atoms with van der Waals surface area (Å²) in [5, 5.41) is 17.9. The number of hydrogen-bond acceptors (Lipinski definition) is 3. The molecule has 3 nitrogen and oxygen atoms in total. The largest absolute Gasteiger partial charge is 0.367 e. The maximum Gasteiger partial charge on any atom is 0.167 e. The van der Waals surface area contributed by atoms with Crippen molar-refractivity contribution in [3.63, 3.8) is 0 Å². The van der Waals surface area contributed by atoms with Gasteiger partial charge < -0.3 is 15.9 Å². The number of rotatable bonds is 4. The molecule has 0 aromatic heterocycles. The summed E-state index contributed by atoms with van der Waals surface area (Å²) in [6.07, 6.45) is -1.02. The smallest absolute Gasteiger partial charge is 0.167 e. The number of nitrogens with two attached hydrogens (primary N) is 1. The topological polar surface area (TPSA) is 66.5 Å². The zero-order valence-corrected chi connectivity index (χ0v) is 10.0. The van der Waals surface area contributed by atoms with E-state index < -0.39 is 12.3 Å². The fraction of sp³-hybridized carbons (Fsp3) is 0.200. The molecule has 94 valence electrons. The maximum absolute atomic E-state index is 8.95. The van der Waals surface area contributed by atoms with Crippen LogP contribution in [0.2, 0.25) is 0 Å². The van der Waals surface area contributed by atoms with Crippen LogP contribution in [0, 0.1) is 0 Å². The molecule has 0 aliphatic rings. The lowest BCUT2D eigenvalue weighted by atomic mass is 10.0. The lowest BCUT2D eigenvalue weighted by Crippen LogP contribution is -2.36. The zero-order valence-electron chi connectivity index (χ0n) is 10.0. The van der Waals surface area contributed by atoms with Gasteiger partial charge in [-0.1, -0.05) is 54.6 Å². The van der Waals surface area contributed by atoms with Gasteiger partial charge in [0.15, 0.2) is 6.29 Å². The van der Waals surface area contributed by atoms with Crippen LogP contribution in [0.4, 0.5) is 0 Å². The highest BCUT2D eigenvalue weighted by molar-refractivity contribution is 5.63. The summed E-state index contributed by atoms with van der Waals surface area (Å²) in [5.41, 5.74) is 8.89. The van der Waals surface area contributed by atoms with E-state index >= 15 is 0 Å². The van der Waals surface area contributed by atoms with Gasteiger partial charge in [0.25, 0.3) is 0 Å². The molecule has 0 aliphatic heterocycles. The second-order valence-electron chi connectivity index (χ2n) is 4.34. The van der Waals surface area contributed by atoms with Crippen molar-refractivity contribution in [2.24, 2.45) is 5.73 Å². The Bertz CT molecular complexity index is 480. The van der Waals surface area contributed by atoms with Gasteiger partial charge in [-0.15, -0.1) is 0 Å². The Morgan fingerprint density at radius 1 is 0.833 bits per heavy atom. The Morgan fingerprint density at radius 2 is 1.39 bits per heavy atom. The van der Waals surface area contributed by atoms with Crippen molar-refractivity contribution in [3.8, 4) is 11.1 Å². The average Bonchev–Trinajstić information content (AvgIpc) is 2.40. The molecule has 2 rings (SSSR count). The molecule has 3 heteroatoms. The normalized spacial score (nSPS) is 12.7. The van der Waals surface area contributed by atoms with Gasteiger partial charge in [-0.05, 0) is 23.1 Å². The van der Waals surface area contributed by atoms with Gasteiger partial charge in [-0.25, -0.2) is 0 Å². The van der Waals surface area contributed by atoms with E-state index in [-0.39, 0.29) is 0 Å². The van der Waals surface area contributed by atoms with E-state index in [2.05, 4.69) is 12.1 Å². The van der Waals surface area contributed by atoms with Gasteiger partial charge in [0.05, 0.1) is 6.04 Å². The molecule has 18 heavy (non-hydrogen) atoms. The summed E-state index contributed by atoms with van der Waals surface area (Å²) in [6.45, 7) is 0. The second-order valence-corrected chi connectivity index (χ2v) is 4.34. The van der Waals surface area contributed by atoms with Gasteiger partial charge in [-0.3, -0.25) is 0 Å². The van der Waals surface area contributed by atoms with Crippen LogP contribution in [0.1, 0.15) is 5.56 Å². The van der Waals surface area contributed by atoms with E-state index in [1.54, 1.807) is 0 Å². The Morgan fingerprint density at radius 3 is 1.94 bits per heavy atom.